The van der Waals surface area contributed by atoms with Gasteiger partial charge < -0.3 is 14.4 Å². The molecule has 1 amide bonds. The molecule has 3 atom stereocenters. The van der Waals surface area contributed by atoms with Crippen LogP contribution < -0.4 is 0 Å². The molecule has 0 bridgehead atoms. The van der Waals surface area contributed by atoms with E-state index < -0.39 is 12.0 Å². The van der Waals surface area contributed by atoms with E-state index in [4.69, 9.17) is 16.3 Å². The number of methoxy groups -OCH3 is 2. The highest BCUT2D eigenvalue weighted by molar-refractivity contribution is 6.29. The van der Waals surface area contributed by atoms with Crippen molar-refractivity contribution in [1.82, 2.24) is 4.90 Å². The number of piperidine rings is 2. The van der Waals surface area contributed by atoms with Gasteiger partial charge in [0.05, 0.1) is 20.3 Å². The van der Waals surface area contributed by atoms with E-state index in [0.717, 1.165) is 18.4 Å². The van der Waals surface area contributed by atoms with Gasteiger partial charge >= 0.3 is 11.9 Å². The van der Waals surface area contributed by atoms with Gasteiger partial charge in [-0.25, -0.2) is 4.79 Å². The molecule has 0 N–H and O–H groups in total. The van der Waals surface area contributed by atoms with E-state index in [1.165, 1.54) is 14.2 Å². The predicted molar refractivity (Wildman–Crippen MR) is 88.2 cm³/mol. The maximum atomic E-state index is 13.0. The number of amides is 1. The Hall–Kier alpha value is -1.56. The van der Waals surface area contributed by atoms with Crippen molar-refractivity contribution in [3.8, 4) is 0 Å². The summed E-state index contributed by atoms with van der Waals surface area (Å²) < 4.78 is 9.54. The van der Waals surface area contributed by atoms with Crippen molar-refractivity contribution in [3.63, 3.8) is 0 Å². The van der Waals surface area contributed by atoms with E-state index in [1.807, 2.05) is 6.92 Å². The van der Waals surface area contributed by atoms with E-state index in [0.29, 0.717) is 24.3 Å². The van der Waals surface area contributed by atoms with Crippen molar-refractivity contribution >= 4 is 29.4 Å². The van der Waals surface area contributed by atoms with E-state index in [2.05, 4.69) is 4.74 Å². The van der Waals surface area contributed by atoms with Crippen LogP contribution in [0, 0.1) is 5.92 Å². The number of allylic oxidation sites excluding steroid dienone is 1. The number of fused-ring (bicyclic) bond motifs is 1. The topological polar surface area (TPSA) is 72.9 Å². The molecule has 3 unspecified atom stereocenters. The predicted octanol–water partition coefficient (Wildman–Crippen LogP) is 2.40. The highest BCUT2D eigenvalue weighted by Gasteiger charge is 2.46. The number of halogens is 1. The average Bonchev–Trinajstić information content (AvgIpc) is 2.59. The molecule has 0 aromatic rings. The Balaban J connectivity index is 2.29. The zero-order valence-electron chi connectivity index (χ0n) is 14.3. The SMILES string of the molecule is COC(=O)CCC1C/C(=C(/C)Cl)C2CCCC(C(=O)OC)N2C1=O. The molecule has 0 aromatic carbocycles. The van der Waals surface area contributed by atoms with Crippen LogP contribution in [0.2, 0.25) is 0 Å². The van der Waals surface area contributed by atoms with Crippen LogP contribution >= 0.6 is 11.6 Å². The minimum absolute atomic E-state index is 0.0966. The third kappa shape index (κ3) is 3.74. The van der Waals surface area contributed by atoms with Crippen molar-refractivity contribution in [3.05, 3.63) is 10.6 Å². The average molecular weight is 358 g/mol. The van der Waals surface area contributed by atoms with Gasteiger partial charge in [0.25, 0.3) is 0 Å². The molecule has 6 nitrogen and oxygen atoms in total. The molecule has 0 aliphatic carbocycles. The highest BCUT2D eigenvalue weighted by Crippen LogP contribution is 2.40. The first-order chi connectivity index (χ1) is 11.4. The Kier molecular flexibility index (Phi) is 6.27. The fourth-order valence-corrected chi connectivity index (χ4v) is 3.91. The smallest absolute Gasteiger partial charge is 0.328 e. The van der Waals surface area contributed by atoms with Crippen molar-refractivity contribution in [1.29, 1.82) is 0 Å². The molecular weight excluding hydrogens is 334 g/mol. The third-order valence-corrected chi connectivity index (χ3v) is 5.18. The first kappa shape index (κ1) is 18.8. The van der Waals surface area contributed by atoms with Crippen molar-refractivity contribution in [2.75, 3.05) is 14.2 Å². The summed E-state index contributed by atoms with van der Waals surface area (Å²) in [5, 5.41) is 0.658. The molecule has 2 heterocycles. The van der Waals surface area contributed by atoms with Crippen LogP contribution in [0.15, 0.2) is 10.6 Å². The van der Waals surface area contributed by atoms with E-state index in [1.54, 1.807) is 4.90 Å². The van der Waals surface area contributed by atoms with Gasteiger partial charge in [-0.05, 0) is 44.6 Å². The molecule has 0 spiro atoms. The molecule has 2 rings (SSSR count). The summed E-state index contributed by atoms with van der Waals surface area (Å²) in [6, 6.07) is -0.726. The van der Waals surface area contributed by atoms with E-state index in [-0.39, 0.29) is 30.3 Å². The van der Waals surface area contributed by atoms with Gasteiger partial charge in [0.2, 0.25) is 5.91 Å². The van der Waals surface area contributed by atoms with Crippen LogP contribution in [0.5, 0.6) is 0 Å². The molecule has 0 radical (unpaired) electrons. The largest absolute Gasteiger partial charge is 0.469 e. The monoisotopic (exact) mass is 357 g/mol. The lowest BCUT2D eigenvalue weighted by molar-refractivity contribution is -0.160. The van der Waals surface area contributed by atoms with Gasteiger partial charge in [-0.1, -0.05) is 11.6 Å². The van der Waals surface area contributed by atoms with Gasteiger partial charge in [-0.3, -0.25) is 9.59 Å². The minimum Gasteiger partial charge on any atom is -0.469 e. The van der Waals surface area contributed by atoms with Gasteiger partial charge in [-0.2, -0.15) is 0 Å². The van der Waals surface area contributed by atoms with Crippen LogP contribution in [0.25, 0.3) is 0 Å². The summed E-state index contributed by atoms with van der Waals surface area (Å²) in [7, 11) is 2.66. The van der Waals surface area contributed by atoms with Crippen LogP contribution in [0.3, 0.4) is 0 Å². The fourth-order valence-electron chi connectivity index (χ4n) is 3.71. The molecule has 0 saturated carbocycles. The zero-order chi connectivity index (χ0) is 17.9. The quantitative estimate of drug-likeness (QED) is 0.722. The normalized spacial score (nSPS) is 28.9. The molecule has 2 fully saturated rings. The molecule has 2 aliphatic heterocycles. The number of ether oxygens (including phenoxy) is 2. The Morgan fingerprint density at radius 3 is 2.54 bits per heavy atom. The van der Waals surface area contributed by atoms with Crippen molar-refractivity contribution in [2.24, 2.45) is 5.92 Å². The highest BCUT2D eigenvalue weighted by atomic mass is 35.5. The van der Waals surface area contributed by atoms with Crippen molar-refractivity contribution in [2.45, 2.75) is 57.5 Å². The molecule has 7 heteroatoms. The Morgan fingerprint density at radius 1 is 1.25 bits per heavy atom. The molecule has 0 aromatic heterocycles. The number of hydrogen-bond donors (Lipinski definition) is 0. The number of carbonyl (C=O) groups is 3. The lowest BCUT2D eigenvalue weighted by Gasteiger charge is -2.47. The van der Waals surface area contributed by atoms with Gasteiger partial charge in [-0.15, -0.1) is 0 Å². The lowest BCUT2D eigenvalue weighted by atomic mass is 9.79. The van der Waals surface area contributed by atoms with E-state index in [9.17, 15) is 14.4 Å². The first-order valence-electron chi connectivity index (χ1n) is 8.22. The second-order valence-electron chi connectivity index (χ2n) is 6.31. The summed E-state index contributed by atoms with van der Waals surface area (Å²) in [6.45, 7) is 1.81. The first-order valence-corrected chi connectivity index (χ1v) is 8.60. The number of rotatable bonds is 4. The molecule has 24 heavy (non-hydrogen) atoms. The van der Waals surface area contributed by atoms with Crippen molar-refractivity contribution < 1.29 is 23.9 Å². The van der Waals surface area contributed by atoms with Crippen LogP contribution in [-0.4, -0.2) is 49.0 Å². The second-order valence-corrected chi connectivity index (χ2v) is 6.87. The maximum absolute atomic E-state index is 13.0. The third-order valence-electron chi connectivity index (χ3n) is 4.94. The van der Waals surface area contributed by atoms with Gasteiger partial charge in [0, 0.05) is 17.4 Å². The molecule has 2 saturated heterocycles. The van der Waals surface area contributed by atoms with Gasteiger partial charge in [0.15, 0.2) is 0 Å². The zero-order valence-corrected chi connectivity index (χ0v) is 15.1. The Labute approximate surface area is 147 Å². The number of esters is 2. The number of nitrogens with zero attached hydrogens (tertiary/aromatic N) is 1. The fraction of sp³-hybridized carbons (Fsp3) is 0.706. The van der Waals surface area contributed by atoms with Gasteiger partial charge in [0.1, 0.15) is 6.04 Å². The van der Waals surface area contributed by atoms with Crippen LogP contribution in [-0.2, 0) is 23.9 Å². The summed E-state index contributed by atoms with van der Waals surface area (Å²) in [5.74, 6) is -1.20. The number of hydrogen-bond acceptors (Lipinski definition) is 5. The minimum atomic E-state index is -0.576. The van der Waals surface area contributed by atoms with E-state index >= 15 is 0 Å². The number of carbonyl (C=O) groups excluding carboxylic acids is 3. The summed E-state index contributed by atoms with van der Waals surface area (Å²) >= 11 is 6.27. The molecular formula is C17H24ClNO5. The standard InChI is InChI=1S/C17H24ClNO5/c1-10(18)12-9-11(7-8-15(20)23-2)16(21)19-13(12)5-4-6-14(19)17(22)24-3/h11,13-14H,4-9H2,1-3H3/b12-10+. The van der Waals surface area contributed by atoms with Crippen LogP contribution in [0.1, 0.15) is 45.4 Å². The Morgan fingerprint density at radius 2 is 1.96 bits per heavy atom. The lowest BCUT2D eigenvalue weighted by Crippen LogP contribution is -2.58. The summed E-state index contributed by atoms with van der Waals surface area (Å²) in [4.78, 5) is 38.1. The molecule has 134 valence electrons. The second kappa shape index (κ2) is 8.01. The van der Waals surface area contributed by atoms with Crippen LogP contribution in [0.4, 0.5) is 0 Å². The summed E-state index contributed by atoms with van der Waals surface area (Å²) in [5.41, 5.74) is 0.986. The summed E-state index contributed by atoms with van der Waals surface area (Å²) in [6.07, 6.45) is 3.31. The maximum Gasteiger partial charge on any atom is 0.328 e. The molecule has 2 aliphatic rings. The Bertz CT molecular complexity index is 555.